The second-order valence-electron chi connectivity index (χ2n) is 9.11. The second kappa shape index (κ2) is 8.30. The van der Waals surface area contributed by atoms with Gasteiger partial charge in [-0.1, -0.05) is 0 Å². The Kier molecular flexibility index (Phi) is 5.44. The lowest BCUT2D eigenvalue weighted by Gasteiger charge is -2.40. The van der Waals surface area contributed by atoms with Crippen LogP contribution in [0.4, 0.5) is 15.3 Å². The maximum atomic E-state index is 13.2. The smallest absolute Gasteiger partial charge is 0.410 e. The summed E-state index contributed by atoms with van der Waals surface area (Å²) >= 11 is 0. The Hall–Kier alpha value is -4.46. The number of carbonyl (C=O) groups is 4. The quantitative estimate of drug-likeness (QED) is 0.230. The monoisotopic (exact) mass is 513 g/mol. The van der Waals surface area contributed by atoms with E-state index in [0.717, 1.165) is 0 Å². The van der Waals surface area contributed by atoms with Gasteiger partial charge in [0.15, 0.2) is 5.72 Å². The van der Waals surface area contributed by atoms with Gasteiger partial charge in [0.05, 0.1) is 28.3 Å². The third-order valence-corrected chi connectivity index (χ3v) is 7.41. The molecule has 4 aliphatic rings. The Bertz CT molecular complexity index is 1320. The summed E-state index contributed by atoms with van der Waals surface area (Å²) in [5, 5.41) is 10.8. The molecular weight excluding hydrogens is 490 g/mol. The molecule has 1 aliphatic carbocycles. The fraction of sp³-hybridized carbons (Fsp3) is 0.391. The lowest BCUT2D eigenvalue weighted by Crippen LogP contribution is -2.56. The summed E-state index contributed by atoms with van der Waals surface area (Å²) in [6, 6.07) is 4.55. The van der Waals surface area contributed by atoms with E-state index in [4.69, 9.17) is 25.7 Å². The number of methoxy groups -OCH3 is 1. The van der Waals surface area contributed by atoms with Gasteiger partial charge < -0.3 is 30.6 Å². The summed E-state index contributed by atoms with van der Waals surface area (Å²) in [5.74, 6) is -1.96. The summed E-state index contributed by atoms with van der Waals surface area (Å²) < 4.78 is 16.4. The third-order valence-electron chi connectivity index (χ3n) is 7.41. The predicted molar refractivity (Wildman–Crippen MR) is 122 cm³/mol. The highest BCUT2D eigenvalue weighted by molar-refractivity contribution is 6.25. The number of ketones is 2. The number of Topliss-reactive ketones (excluding diaryl/α,β-unsaturated/α-hetero) is 2. The van der Waals surface area contributed by atoms with E-state index in [-0.39, 0.29) is 48.0 Å². The number of rotatable bonds is 6. The molecule has 0 spiro atoms. The number of hydrogen-bond donors (Lipinski definition) is 2. The average Bonchev–Trinajstić information content (AvgIpc) is 3.38. The van der Waals surface area contributed by atoms with E-state index >= 15 is 0 Å². The zero-order valence-electron chi connectivity index (χ0n) is 19.8. The van der Waals surface area contributed by atoms with Gasteiger partial charge >= 0.3 is 12.2 Å². The molecule has 14 nitrogen and oxygen atoms in total. The molecule has 37 heavy (non-hydrogen) atoms. The summed E-state index contributed by atoms with van der Waals surface area (Å²) in [5.41, 5.74) is 10.2. The lowest BCUT2D eigenvalue weighted by molar-refractivity contribution is -0.384. The van der Waals surface area contributed by atoms with Crippen molar-refractivity contribution in [2.45, 2.75) is 31.3 Å². The zero-order chi connectivity index (χ0) is 26.8. The fourth-order valence-corrected chi connectivity index (χ4v) is 5.66. The number of hydrogen-bond acceptors (Lipinski definition) is 11. The van der Waals surface area contributed by atoms with Gasteiger partial charge in [0.1, 0.15) is 19.3 Å². The molecule has 14 heteroatoms. The molecule has 5 rings (SSSR count). The van der Waals surface area contributed by atoms with Gasteiger partial charge in [-0.2, -0.15) is 0 Å². The molecular formula is C23H23N5O9. The van der Waals surface area contributed by atoms with E-state index in [1.807, 2.05) is 0 Å². The van der Waals surface area contributed by atoms with Crippen LogP contribution in [0.25, 0.3) is 0 Å². The Morgan fingerprint density at radius 2 is 1.86 bits per heavy atom. The predicted octanol–water partition coefficient (Wildman–Crippen LogP) is 0.306. The minimum atomic E-state index is -1.40. The lowest BCUT2D eigenvalue weighted by atomic mass is 9.82. The normalized spacial score (nSPS) is 27.7. The standard InChI is InChI=1S/C23H23N5O9/c1-10-16(24)19(30)15-13(9-36-21(25)31)23(35-2)20-14(7-26(23)17(15)18(10)29)27(20)22(32)37-8-11-3-5-12(6-4-11)28(33)34/h3-6,13-14,20H,7-9,24H2,1-2H3,(H2,25,31)/t13-,14+,20+,23-,27?/m0/s1. The highest BCUT2D eigenvalue weighted by Crippen LogP contribution is 2.59. The van der Waals surface area contributed by atoms with Crippen LogP contribution in [0.1, 0.15) is 12.5 Å². The summed E-state index contributed by atoms with van der Waals surface area (Å²) in [7, 11) is 1.38. The Labute approximate surface area is 209 Å². The number of primary amides is 1. The van der Waals surface area contributed by atoms with Crippen molar-refractivity contribution in [3.05, 3.63) is 62.5 Å². The van der Waals surface area contributed by atoms with E-state index in [0.29, 0.717) is 5.56 Å². The number of benzene rings is 1. The van der Waals surface area contributed by atoms with Crippen molar-refractivity contribution in [3.63, 3.8) is 0 Å². The van der Waals surface area contributed by atoms with E-state index in [9.17, 15) is 29.3 Å². The van der Waals surface area contributed by atoms with Crippen LogP contribution < -0.4 is 11.5 Å². The molecule has 0 unspecified atom stereocenters. The average molecular weight is 513 g/mol. The number of nitrogens with two attached hydrogens (primary N) is 2. The number of carbonyl (C=O) groups excluding carboxylic acids is 4. The number of nitrogens with zero attached hydrogens (tertiary/aromatic N) is 3. The number of amides is 2. The van der Waals surface area contributed by atoms with Crippen LogP contribution in [-0.2, 0) is 30.4 Å². The van der Waals surface area contributed by atoms with Gasteiger partial charge in [-0.25, -0.2) is 9.59 Å². The Morgan fingerprint density at radius 3 is 2.46 bits per heavy atom. The molecule has 2 fully saturated rings. The van der Waals surface area contributed by atoms with Gasteiger partial charge in [0.2, 0.25) is 11.6 Å². The van der Waals surface area contributed by atoms with Gasteiger partial charge in [0, 0.05) is 36.9 Å². The van der Waals surface area contributed by atoms with Crippen molar-refractivity contribution in [3.8, 4) is 0 Å². The number of piperazine rings is 1. The van der Waals surface area contributed by atoms with Gasteiger partial charge in [-0.15, -0.1) is 0 Å². The van der Waals surface area contributed by atoms with Crippen LogP contribution in [-0.4, -0.2) is 76.5 Å². The van der Waals surface area contributed by atoms with Crippen molar-refractivity contribution >= 4 is 29.4 Å². The summed E-state index contributed by atoms with van der Waals surface area (Å²) in [6.45, 7) is 1.12. The van der Waals surface area contributed by atoms with E-state index in [2.05, 4.69) is 0 Å². The molecule has 0 bridgehead atoms. The highest BCUT2D eigenvalue weighted by atomic mass is 16.6. The van der Waals surface area contributed by atoms with Crippen molar-refractivity contribution in [2.75, 3.05) is 20.3 Å². The third kappa shape index (κ3) is 3.36. The molecule has 2 saturated heterocycles. The molecule has 3 aliphatic heterocycles. The molecule has 2 amide bonds. The van der Waals surface area contributed by atoms with Crippen LogP contribution in [0.5, 0.6) is 0 Å². The molecule has 194 valence electrons. The molecule has 4 atom stereocenters. The van der Waals surface area contributed by atoms with Crippen molar-refractivity contribution < 1.29 is 38.3 Å². The van der Waals surface area contributed by atoms with Crippen molar-refractivity contribution in [1.82, 2.24) is 9.80 Å². The first-order chi connectivity index (χ1) is 17.5. The van der Waals surface area contributed by atoms with Gasteiger partial charge in [-0.05, 0) is 24.6 Å². The van der Waals surface area contributed by atoms with Crippen molar-refractivity contribution in [1.29, 1.82) is 0 Å². The maximum absolute atomic E-state index is 13.2. The minimum Gasteiger partial charge on any atom is -0.449 e. The molecule has 3 heterocycles. The minimum absolute atomic E-state index is 0.0562. The van der Waals surface area contributed by atoms with Crippen molar-refractivity contribution in [2.24, 2.45) is 17.4 Å². The highest BCUT2D eigenvalue weighted by Gasteiger charge is 2.78. The number of allylic oxidation sites excluding steroid dienone is 2. The van der Waals surface area contributed by atoms with E-state index in [1.54, 1.807) is 4.90 Å². The molecule has 4 N–H and O–H groups in total. The summed E-state index contributed by atoms with van der Waals surface area (Å²) in [4.78, 5) is 64.1. The van der Waals surface area contributed by atoms with Crippen LogP contribution in [0.15, 0.2) is 46.8 Å². The molecule has 0 aromatic heterocycles. The van der Waals surface area contributed by atoms with Gasteiger partial charge in [-0.3, -0.25) is 24.6 Å². The Balaban J connectivity index is 1.40. The fourth-order valence-electron chi connectivity index (χ4n) is 5.66. The first kappa shape index (κ1) is 24.2. The number of nitro benzene ring substituents is 1. The first-order valence-electron chi connectivity index (χ1n) is 11.3. The number of non-ortho nitro benzene ring substituents is 1. The van der Waals surface area contributed by atoms with Crippen LogP contribution in [0.2, 0.25) is 0 Å². The molecule has 1 aromatic rings. The second-order valence-corrected chi connectivity index (χ2v) is 9.11. The first-order valence-corrected chi connectivity index (χ1v) is 11.3. The SMILES string of the molecule is CO[C@]12[C@@H](COC(N)=O)C3=C(C(=O)C(C)=C(N)C3=O)N1C[C@@H]1[C@H]2N1C(=O)OCc1ccc([N+](=O)[O-])cc1. The zero-order valence-corrected chi connectivity index (χ0v) is 19.8. The van der Waals surface area contributed by atoms with E-state index < -0.39 is 52.4 Å². The van der Waals surface area contributed by atoms with Crippen LogP contribution in [0.3, 0.4) is 0 Å². The number of nitro groups is 1. The molecule has 1 aromatic carbocycles. The molecule has 0 saturated carbocycles. The van der Waals surface area contributed by atoms with E-state index in [1.165, 1.54) is 43.2 Å². The number of ether oxygens (including phenoxy) is 3. The van der Waals surface area contributed by atoms with Crippen LogP contribution >= 0.6 is 0 Å². The largest absolute Gasteiger partial charge is 0.449 e. The molecule has 0 radical (unpaired) electrons. The van der Waals surface area contributed by atoms with Gasteiger partial charge in [0.25, 0.3) is 5.69 Å². The summed E-state index contributed by atoms with van der Waals surface area (Å²) in [6.07, 6.45) is -1.75. The van der Waals surface area contributed by atoms with Crippen LogP contribution in [0, 0.1) is 16.0 Å². The Morgan fingerprint density at radius 1 is 1.19 bits per heavy atom. The topological polar surface area (TPSA) is 197 Å². The number of fused-ring (bicyclic) bond motifs is 4. The maximum Gasteiger partial charge on any atom is 0.410 e.